The van der Waals surface area contributed by atoms with Crippen LogP contribution in [0.4, 0.5) is 4.79 Å². The fourth-order valence-electron chi connectivity index (χ4n) is 4.50. The highest BCUT2D eigenvalue weighted by Gasteiger charge is 2.46. The Hall–Kier alpha value is -2.23. The molecule has 0 spiro atoms. The van der Waals surface area contributed by atoms with Gasteiger partial charge in [-0.25, -0.2) is 4.79 Å². The molecule has 0 amide bonds. The van der Waals surface area contributed by atoms with Crippen LogP contribution >= 0.6 is 0 Å². The van der Waals surface area contributed by atoms with Crippen molar-refractivity contribution < 1.29 is 19.4 Å². The van der Waals surface area contributed by atoms with Crippen molar-refractivity contribution in [2.75, 3.05) is 6.61 Å². The van der Waals surface area contributed by atoms with E-state index in [1.807, 2.05) is 31.2 Å². The fourth-order valence-corrected chi connectivity index (χ4v) is 4.50. The molecular formula is C20H22O4. The minimum absolute atomic E-state index is 0.347. The van der Waals surface area contributed by atoms with Crippen LogP contribution < -0.4 is 4.74 Å². The van der Waals surface area contributed by atoms with E-state index < -0.39 is 6.16 Å². The van der Waals surface area contributed by atoms with E-state index >= 15 is 0 Å². The van der Waals surface area contributed by atoms with Crippen molar-refractivity contribution >= 4 is 16.9 Å². The van der Waals surface area contributed by atoms with Crippen LogP contribution in [0.25, 0.3) is 10.8 Å². The molecule has 2 bridgehead atoms. The van der Waals surface area contributed by atoms with Gasteiger partial charge in [0.25, 0.3) is 0 Å². The van der Waals surface area contributed by atoms with Crippen LogP contribution in [0, 0.1) is 5.92 Å². The second-order valence-electron chi connectivity index (χ2n) is 7.00. The summed E-state index contributed by atoms with van der Waals surface area (Å²) in [6, 6.07) is 7.57. The normalized spacial score (nSPS) is 24.2. The van der Waals surface area contributed by atoms with Gasteiger partial charge in [0.05, 0.1) is 6.61 Å². The van der Waals surface area contributed by atoms with Gasteiger partial charge >= 0.3 is 6.16 Å². The number of benzene rings is 2. The first-order chi connectivity index (χ1) is 11.6. The zero-order valence-corrected chi connectivity index (χ0v) is 14.0. The van der Waals surface area contributed by atoms with Crippen molar-refractivity contribution in [3.05, 3.63) is 35.4 Å². The zero-order valence-electron chi connectivity index (χ0n) is 14.0. The number of aromatic hydroxyl groups is 1. The van der Waals surface area contributed by atoms with Gasteiger partial charge in [0.15, 0.2) is 0 Å². The molecule has 2 aromatic carbocycles. The zero-order chi connectivity index (χ0) is 16.8. The van der Waals surface area contributed by atoms with Crippen molar-refractivity contribution in [3.63, 3.8) is 0 Å². The monoisotopic (exact) mass is 326 g/mol. The highest BCUT2D eigenvalue weighted by molar-refractivity contribution is 5.97. The lowest BCUT2D eigenvalue weighted by molar-refractivity contribution is 0.0991. The minimum atomic E-state index is -0.661. The summed E-state index contributed by atoms with van der Waals surface area (Å²) in [5.74, 6) is 2.19. The highest BCUT2D eigenvalue weighted by Crippen LogP contribution is 2.62. The number of rotatable bonds is 3. The molecule has 2 aromatic rings. The lowest BCUT2D eigenvalue weighted by atomic mass is 9.82. The maximum absolute atomic E-state index is 12.1. The number of phenols is 1. The Morgan fingerprint density at radius 2 is 1.96 bits per heavy atom. The molecule has 1 saturated carbocycles. The lowest BCUT2D eigenvalue weighted by Crippen LogP contribution is -2.15. The van der Waals surface area contributed by atoms with E-state index in [0.717, 1.165) is 41.2 Å². The average Bonchev–Trinajstić information content (AvgIpc) is 3.14. The van der Waals surface area contributed by atoms with Crippen molar-refractivity contribution in [3.8, 4) is 11.5 Å². The lowest BCUT2D eigenvalue weighted by Gasteiger charge is -2.25. The van der Waals surface area contributed by atoms with E-state index in [2.05, 4.69) is 6.92 Å². The van der Waals surface area contributed by atoms with E-state index in [0.29, 0.717) is 35.9 Å². The molecule has 24 heavy (non-hydrogen) atoms. The highest BCUT2D eigenvalue weighted by atomic mass is 16.7. The van der Waals surface area contributed by atoms with Gasteiger partial charge in [-0.3, -0.25) is 0 Å². The van der Waals surface area contributed by atoms with E-state index in [4.69, 9.17) is 9.47 Å². The Labute approximate surface area is 141 Å². The number of hydrogen-bond donors (Lipinski definition) is 1. The molecule has 3 atom stereocenters. The second kappa shape index (κ2) is 5.69. The topological polar surface area (TPSA) is 55.8 Å². The third-order valence-corrected chi connectivity index (χ3v) is 5.49. The Morgan fingerprint density at radius 3 is 2.71 bits per heavy atom. The van der Waals surface area contributed by atoms with Gasteiger partial charge in [-0.15, -0.1) is 0 Å². The van der Waals surface area contributed by atoms with Crippen molar-refractivity contribution in [2.24, 2.45) is 5.92 Å². The Balaban J connectivity index is 1.88. The average molecular weight is 326 g/mol. The van der Waals surface area contributed by atoms with Crippen LogP contribution in [-0.4, -0.2) is 17.9 Å². The molecular weight excluding hydrogens is 304 g/mol. The van der Waals surface area contributed by atoms with Gasteiger partial charge in [-0.2, -0.15) is 0 Å². The van der Waals surface area contributed by atoms with Gasteiger partial charge in [-0.05, 0) is 37.0 Å². The first-order valence-electron chi connectivity index (χ1n) is 8.73. The summed E-state index contributed by atoms with van der Waals surface area (Å²) in [6.07, 6.45) is 2.20. The molecule has 0 saturated heterocycles. The number of ether oxygens (including phenoxy) is 2. The third kappa shape index (κ3) is 2.16. The second-order valence-corrected chi connectivity index (χ2v) is 7.00. The molecule has 4 heteroatoms. The molecule has 2 aliphatic carbocycles. The summed E-state index contributed by atoms with van der Waals surface area (Å²) in [4.78, 5) is 12.1. The summed E-state index contributed by atoms with van der Waals surface area (Å²) < 4.78 is 10.8. The van der Waals surface area contributed by atoms with Crippen molar-refractivity contribution in [2.45, 2.75) is 44.9 Å². The summed E-state index contributed by atoms with van der Waals surface area (Å²) >= 11 is 0. The summed E-state index contributed by atoms with van der Waals surface area (Å²) in [5, 5.41) is 12.4. The van der Waals surface area contributed by atoms with Crippen molar-refractivity contribution in [1.29, 1.82) is 0 Å². The van der Waals surface area contributed by atoms with Crippen LogP contribution in [0.2, 0.25) is 0 Å². The first-order valence-corrected chi connectivity index (χ1v) is 8.73. The SMILES string of the molecule is CCCOC(=O)Oc1c2c(c(O)c3ccccc13)C1CC2CC1C. The van der Waals surface area contributed by atoms with E-state index in [1.54, 1.807) is 0 Å². The standard InChI is InChI=1S/C20H22O4/c1-3-8-23-20(22)24-19-14-7-5-4-6-13(14)18(21)17-15-10-12(16(17)19)9-11(15)2/h4-7,11-12,15,21H,3,8-10H2,1-2H3. The number of phenolic OH excluding ortho intramolecular Hbond substituents is 1. The van der Waals surface area contributed by atoms with Gasteiger partial charge in [0, 0.05) is 21.9 Å². The first kappa shape index (κ1) is 15.3. The molecule has 1 fully saturated rings. The Kier molecular flexibility index (Phi) is 3.63. The summed E-state index contributed by atoms with van der Waals surface area (Å²) in [6.45, 7) is 4.53. The largest absolute Gasteiger partial charge is 0.513 e. The Morgan fingerprint density at radius 1 is 1.21 bits per heavy atom. The third-order valence-electron chi connectivity index (χ3n) is 5.49. The minimum Gasteiger partial charge on any atom is -0.507 e. The molecule has 3 unspecified atom stereocenters. The molecule has 126 valence electrons. The summed E-state index contributed by atoms with van der Waals surface area (Å²) in [5.41, 5.74) is 2.00. The maximum atomic E-state index is 12.1. The molecule has 0 heterocycles. The van der Waals surface area contributed by atoms with Crippen LogP contribution in [0.15, 0.2) is 24.3 Å². The molecule has 1 N–H and O–H groups in total. The molecule has 0 aromatic heterocycles. The molecule has 4 nitrogen and oxygen atoms in total. The van der Waals surface area contributed by atoms with E-state index in [9.17, 15) is 9.90 Å². The predicted molar refractivity (Wildman–Crippen MR) is 91.8 cm³/mol. The molecule has 2 aliphatic rings. The van der Waals surface area contributed by atoms with E-state index in [1.165, 1.54) is 0 Å². The number of hydrogen-bond acceptors (Lipinski definition) is 4. The molecule has 4 rings (SSSR count). The number of carbonyl (C=O) groups is 1. The smallest absolute Gasteiger partial charge is 0.507 e. The predicted octanol–water partition coefficient (Wildman–Crippen LogP) is 5.08. The van der Waals surface area contributed by atoms with Crippen LogP contribution in [0.3, 0.4) is 0 Å². The van der Waals surface area contributed by atoms with Crippen LogP contribution in [0.1, 0.15) is 56.1 Å². The molecule has 0 radical (unpaired) electrons. The summed E-state index contributed by atoms with van der Waals surface area (Å²) in [7, 11) is 0. The maximum Gasteiger partial charge on any atom is 0.513 e. The van der Waals surface area contributed by atoms with Gasteiger partial charge in [0.1, 0.15) is 11.5 Å². The Bertz CT molecular complexity index is 811. The van der Waals surface area contributed by atoms with Crippen LogP contribution in [0.5, 0.6) is 11.5 Å². The fraction of sp³-hybridized carbons (Fsp3) is 0.450. The number of fused-ring (bicyclic) bond motifs is 6. The number of carbonyl (C=O) groups excluding carboxylic acids is 1. The van der Waals surface area contributed by atoms with Crippen molar-refractivity contribution in [1.82, 2.24) is 0 Å². The quantitative estimate of drug-likeness (QED) is 0.631. The van der Waals surface area contributed by atoms with E-state index in [-0.39, 0.29) is 0 Å². The van der Waals surface area contributed by atoms with Gasteiger partial charge < -0.3 is 14.6 Å². The van der Waals surface area contributed by atoms with Gasteiger partial charge in [0.2, 0.25) is 0 Å². The molecule has 0 aliphatic heterocycles. The van der Waals surface area contributed by atoms with Gasteiger partial charge in [-0.1, -0.05) is 38.1 Å². The van der Waals surface area contributed by atoms with Crippen LogP contribution in [-0.2, 0) is 4.74 Å².